The van der Waals surface area contributed by atoms with E-state index in [1.807, 2.05) is 0 Å². The average Bonchev–Trinajstić information content (AvgIpc) is 2.42. The van der Waals surface area contributed by atoms with Gasteiger partial charge in [-0.05, 0) is 50.7 Å². The highest BCUT2D eigenvalue weighted by atomic mass is 19.1. The first-order valence-corrected chi connectivity index (χ1v) is 7.05. The number of anilines is 1. The fourth-order valence-electron chi connectivity index (χ4n) is 2.10. The van der Waals surface area contributed by atoms with Gasteiger partial charge < -0.3 is 16.0 Å². The highest BCUT2D eigenvalue weighted by Crippen LogP contribution is 2.16. The smallest absolute Gasteiger partial charge is 0.254 e. The van der Waals surface area contributed by atoms with E-state index in [2.05, 4.69) is 24.1 Å². The van der Waals surface area contributed by atoms with Crippen LogP contribution < -0.4 is 11.1 Å². The Kier molecular flexibility index (Phi) is 6.45. The zero-order valence-corrected chi connectivity index (χ0v) is 12.5. The fourth-order valence-corrected chi connectivity index (χ4v) is 2.10. The summed E-state index contributed by atoms with van der Waals surface area (Å²) in [7, 11) is 0. The van der Waals surface area contributed by atoms with E-state index in [1.54, 1.807) is 6.92 Å². The summed E-state index contributed by atoms with van der Waals surface area (Å²) in [5.74, 6) is -0.905. The van der Waals surface area contributed by atoms with Crippen molar-refractivity contribution >= 4 is 11.6 Å². The number of nitrogens with one attached hydrogen (secondary N) is 1. The highest BCUT2D eigenvalue weighted by molar-refractivity contribution is 5.95. The average molecular weight is 281 g/mol. The summed E-state index contributed by atoms with van der Waals surface area (Å²) in [4.78, 5) is 14.2. The van der Waals surface area contributed by atoms with Crippen LogP contribution in [0, 0.1) is 12.7 Å². The van der Waals surface area contributed by atoms with Crippen LogP contribution in [0.2, 0.25) is 0 Å². The second-order valence-corrected chi connectivity index (χ2v) is 4.84. The molecule has 0 aliphatic heterocycles. The minimum Gasteiger partial charge on any atom is -0.399 e. The van der Waals surface area contributed by atoms with Gasteiger partial charge in [-0.3, -0.25) is 4.79 Å². The molecule has 0 unspecified atom stereocenters. The van der Waals surface area contributed by atoms with Crippen LogP contribution in [0.3, 0.4) is 0 Å². The maximum absolute atomic E-state index is 13.9. The van der Waals surface area contributed by atoms with Crippen molar-refractivity contribution < 1.29 is 9.18 Å². The minimum absolute atomic E-state index is 0.0188. The Morgan fingerprint density at radius 3 is 2.60 bits per heavy atom. The van der Waals surface area contributed by atoms with Crippen molar-refractivity contribution in [1.82, 2.24) is 10.2 Å². The quantitative estimate of drug-likeness (QED) is 0.595. The van der Waals surface area contributed by atoms with E-state index < -0.39 is 11.7 Å². The van der Waals surface area contributed by atoms with Gasteiger partial charge in [-0.2, -0.15) is 0 Å². The monoisotopic (exact) mass is 281 g/mol. The Labute approximate surface area is 120 Å². The second kappa shape index (κ2) is 7.85. The van der Waals surface area contributed by atoms with Crippen LogP contribution in [-0.2, 0) is 0 Å². The molecule has 0 saturated heterocycles. The first kappa shape index (κ1) is 16.4. The molecule has 0 heterocycles. The van der Waals surface area contributed by atoms with Crippen molar-refractivity contribution in [2.24, 2.45) is 0 Å². The van der Waals surface area contributed by atoms with Gasteiger partial charge in [-0.25, -0.2) is 4.39 Å². The van der Waals surface area contributed by atoms with Gasteiger partial charge in [-0.15, -0.1) is 0 Å². The van der Waals surface area contributed by atoms with Crippen LogP contribution in [0.1, 0.15) is 36.2 Å². The molecule has 0 spiro atoms. The second-order valence-electron chi connectivity index (χ2n) is 4.84. The Morgan fingerprint density at radius 2 is 2.00 bits per heavy atom. The molecule has 20 heavy (non-hydrogen) atoms. The molecule has 5 heteroatoms. The third-order valence-electron chi connectivity index (χ3n) is 3.35. The Bertz CT molecular complexity index is 459. The van der Waals surface area contributed by atoms with Gasteiger partial charge in [0.1, 0.15) is 5.82 Å². The predicted molar refractivity (Wildman–Crippen MR) is 80.3 cm³/mol. The lowest BCUT2D eigenvalue weighted by molar-refractivity contribution is 0.0947. The molecule has 0 atom stereocenters. The van der Waals surface area contributed by atoms with E-state index in [9.17, 15) is 9.18 Å². The van der Waals surface area contributed by atoms with Crippen molar-refractivity contribution in [3.05, 3.63) is 29.1 Å². The number of hydrogen-bond acceptors (Lipinski definition) is 3. The summed E-state index contributed by atoms with van der Waals surface area (Å²) in [6.07, 6.45) is 0.844. The number of carbonyl (C=O) groups is 1. The molecule has 0 bridgehead atoms. The lowest BCUT2D eigenvalue weighted by atomic mass is 10.1. The van der Waals surface area contributed by atoms with E-state index in [0.717, 1.165) is 26.1 Å². The van der Waals surface area contributed by atoms with Crippen LogP contribution in [0.15, 0.2) is 12.1 Å². The molecule has 1 aromatic rings. The zero-order chi connectivity index (χ0) is 15.1. The van der Waals surface area contributed by atoms with E-state index in [0.29, 0.717) is 17.8 Å². The number of amides is 1. The lowest BCUT2D eigenvalue weighted by Gasteiger charge is -2.17. The molecule has 0 aliphatic carbocycles. The molecule has 0 saturated carbocycles. The van der Waals surface area contributed by atoms with Gasteiger partial charge in [-0.1, -0.05) is 13.8 Å². The van der Waals surface area contributed by atoms with Crippen molar-refractivity contribution in [1.29, 1.82) is 0 Å². The maximum atomic E-state index is 13.9. The SMILES string of the molecule is CCN(CC)CCCNC(=O)c1cc(N)cc(C)c1F. The normalized spacial score (nSPS) is 10.8. The number of nitrogens with two attached hydrogens (primary N) is 1. The summed E-state index contributed by atoms with van der Waals surface area (Å²) >= 11 is 0. The lowest BCUT2D eigenvalue weighted by Crippen LogP contribution is -2.30. The van der Waals surface area contributed by atoms with Gasteiger partial charge in [0, 0.05) is 12.2 Å². The predicted octanol–water partition coefficient (Wildman–Crippen LogP) is 2.18. The number of nitrogen functional groups attached to an aromatic ring is 1. The molecular weight excluding hydrogens is 257 g/mol. The third-order valence-corrected chi connectivity index (χ3v) is 3.35. The minimum atomic E-state index is -0.500. The number of carbonyl (C=O) groups excluding carboxylic acids is 1. The van der Waals surface area contributed by atoms with Crippen LogP contribution >= 0.6 is 0 Å². The molecule has 3 N–H and O–H groups in total. The molecule has 1 rings (SSSR count). The molecule has 1 amide bonds. The fraction of sp³-hybridized carbons (Fsp3) is 0.533. The van der Waals surface area contributed by atoms with E-state index in [-0.39, 0.29) is 5.56 Å². The van der Waals surface area contributed by atoms with Gasteiger partial charge in [0.25, 0.3) is 5.91 Å². The van der Waals surface area contributed by atoms with Crippen LogP contribution in [0.4, 0.5) is 10.1 Å². The number of benzene rings is 1. The van der Waals surface area contributed by atoms with Crippen LogP contribution in [0.5, 0.6) is 0 Å². The maximum Gasteiger partial charge on any atom is 0.254 e. The van der Waals surface area contributed by atoms with Crippen molar-refractivity contribution in [2.45, 2.75) is 27.2 Å². The molecule has 0 aliphatic rings. The molecule has 0 fully saturated rings. The first-order chi connectivity index (χ1) is 9.49. The Morgan fingerprint density at radius 1 is 1.35 bits per heavy atom. The summed E-state index contributed by atoms with van der Waals surface area (Å²) in [5.41, 5.74) is 6.45. The number of nitrogens with zero attached hydrogens (tertiary/aromatic N) is 1. The van der Waals surface area contributed by atoms with Gasteiger partial charge in [0.2, 0.25) is 0 Å². The summed E-state index contributed by atoms with van der Waals surface area (Å²) in [6, 6.07) is 2.90. The Hall–Kier alpha value is -1.62. The van der Waals surface area contributed by atoms with E-state index >= 15 is 0 Å². The van der Waals surface area contributed by atoms with Gasteiger partial charge in [0.05, 0.1) is 5.56 Å². The topological polar surface area (TPSA) is 58.4 Å². The molecule has 4 nitrogen and oxygen atoms in total. The van der Waals surface area contributed by atoms with E-state index in [4.69, 9.17) is 5.73 Å². The first-order valence-electron chi connectivity index (χ1n) is 7.05. The van der Waals surface area contributed by atoms with Crippen molar-refractivity contribution in [3.8, 4) is 0 Å². The number of halogens is 1. The number of hydrogen-bond donors (Lipinski definition) is 2. The summed E-state index contributed by atoms with van der Waals surface area (Å²) < 4.78 is 13.9. The number of aryl methyl sites for hydroxylation is 1. The largest absolute Gasteiger partial charge is 0.399 e. The van der Waals surface area contributed by atoms with Crippen molar-refractivity contribution in [3.63, 3.8) is 0 Å². The standard InChI is InChI=1S/C15H24FN3O/c1-4-19(5-2)8-6-7-18-15(20)13-10-12(17)9-11(3)14(13)16/h9-10H,4-8,17H2,1-3H3,(H,18,20). The highest BCUT2D eigenvalue weighted by Gasteiger charge is 2.14. The van der Waals surface area contributed by atoms with Crippen LogP contribution in [-0.4, -0.2) is 37.0 Å². The summed E-state index contributed by atoms with van der Waals surface area (Å²) in [5, 5.41) is 2.74. The number of rotatable bonds is 7. The van der Waals surface area contributed by atoms with E-state index in [1.165, 1.54) is 12.1 Å². The van der Waals surface area contributed by atoms with Crippen LogP contribution in [0.25, 0.3) is 0 Å². The third kappa shape index (κ3) is 4.49. The molecule has 0 radical (unpaired) electrons. The molecule has 0 aromatic heterocycles. The molecule has 1 aromatic carbocycles. The van der Waals surface area contributed by atoms with Gasteiger partial charge >= 0.3 is 0 Å². The van der Waals surface area contributed by atoms with Crippen molar-refractivity contribution in [2.75, 3.05) is 31.9 Å². The summed E-state index contributed by atoms with van der Waals surface area (Å²) in [6.45, 7) is 9.25. The van der Waals surface area contributed by atoms with Gasteiger partial charge in [0.15, 0.2) is 0 Å². The molecule has 112 valence electrons. The Balaban J connectivity index is 2.52. The zero-order valence-electron chi connectivity index (χ0n) is 12.5. The molecular formula is C15H24FN3O.